The molecule has 0 spiro atoms. The predicted molar refractivity (Wildman–Crippen MR) is 125 cm³/mol. The van der Waals surface area contributed by atoms with E-state index in [0.29, 0.717) is 16.5 Å². The Bertz CT molecular complexity index is 1290. The Balaban J connectivity index is 1.80. The van der Waals surface area contributed by atoms with E-state index in [2.05, 4.69) is 15.4 Å². The van der Waals surface area contributed by atoms with Crippen molar-refractivity contribution in [2.45, 2.75) is 27.7 Å². The quantitative estimate of drug-likeness (QED) is 0.427. The van der Waals surface area contributed by atoms with Crippen molar-refractivity contribution in [1.29, 1.82) is 0 Å². The zero-order valence-electron chi connectivity index (χ0n) is 17.9. The molecule has 0 aliphatic carbocycles. The van der Waals surface area contributed by atoms with E-state index in [0.717, 1.165) is 27.9 Å². The number of carbonyl (C=O) groups is 1. The van der Waals surface area contributed by atoms with Crippen LogP contribution < -0.4 is 5.32 Å². The molecule has 0 unspecified atom stereocenters. The lowest BCUT2D eigenvalue weighted by molar-refractivity contribution is 0.101. The van der Waals surface area contributed by atoms with Crippen LogP contribution in [0.2, 0.25) is 5.02 Å². The van der Waals surface area contributed by atoms with Gasteiger partial charge in [-0.25, -0.2) is 9.67 Å². The van der Waals surface area contributed by atoms with E-state index in [9.17, 15) is 4.79 Å². The van der Waals surface area contributed by atoms with Crippen molar-refractivity contribution < 1.29 is 4.79 Å². The molecule has 0 saturated heterocycles. The van der Waals surface area contributed by atoms with E-state index >= 15 is 0 Å². The van der Waals surface area contributed by atoms with Crippen molar-refractivity contribution in [3.63, 3.8) is 0 Å². The fourth-order valence-corrected chi connectivity index (χ4v) is 3.53. The van der Waals surface area contributed by atoms with Gasteiger partial charge in [0.2, 0.25) is 5.82 Å². The second kappa shape index (κ2) is 8.36. The number of aryl methyl sites for hydroxylation is 4. The number of benzene rings is 3. The zero-order chi connectivity index (χ0) is 22.1. The molecule has 6 heteroatoms. The summed E-state index contributed by atoms with van der Waals surface area (Å²) in [5.41, 5.74) is 6.75. The largest absolute Gasteiger partial charge is 0.319 e. The third kappa shape index (κ3) is 4.37. The molecule has 4 aromatic rings. The van der Waals surface area contributed by atoms with Crippen LogP contribution in [0.25, 0.3) is 17.1 Å². The molecule has 0 bridgehead atoms. The van der Waals surface area contributed by atoms with Crippen molar-refractivity contribution in [1.82, 2.24) is 14.8 Å². The van der Waals surface area contributed by atoms with E-state index in [1.165, 1.54) is 5.56 Å². The minimum Gasteiger partial charge on any atom is -0.319 e. The van der Waals surface area contributed by atoms with Crippen LogP contribution in [-0.2, 0) is 0 Å². The monoisotopic (exact) mass is 430 g/mol. The lowest BCUT2D eigenvalue weighted by Gasteiger charge is -2.10. The maximum atomic E-state index is 13.0. The summed E-state index contributed by atoms with van der Waals surface area (Å²) in [6.07, 6.45) is 0. The van der Waals surface area contributed by atoms with Gasteiger partial charge in [0, 0.05) is 16.3 Å². The summed E-state index contributed by atoms with van der Waals surface area (Å²) in [7, 11) is 0. The minimum absolute atomic E-state index is 0.0918. The van der Waals surface area contributed by atoms with Gasteiger partial charge >= 0.3 is 0 Å². The Labute approximate surface area is 186 Å². The third-order valence-electron chi connectivity index (χ3n) is 5.25. The number of carbonyl (C=O) groups excluding carboxylic acids is 1. The number of halogens is 1. The second-order valence-electron chi connectivity index (χ2n) is 7.72. The summed E-state index contributed by atoms with van der Waals surface area (Å²) in [4.78, 5) is 17.6. The Hall–Kier alpha value is -3.44. The molecule has 0 fully saturated rings. The van der Waals surface area contributed by atoms with Crippen LogP contribution in [0, 0.1) is 27.7 Å². The van der Waals surface area contributed by atoms with Crippen molar-refractivity contribution in [3.05, 3.63) is 93.8 Å². The molecule has 0 saturated carbocycles. The fourth-order valence-electron chi connectivity index (χ4n) is 3.34. The van der Waals surface area contributed by atoms with Crippen molar-refractivity contribution in [2.24, 2.45) is 0 Å². The summed E-state index contributed by atoms with van der Waals surface area (Å²) in [5.74, 6) is 0.283. The van der Waals surface area contributed by atoms with Gasteiger partial charge in [-0.2, -0.15) is 0 Å². The topological polar surface area (TPSA) is 59.8 Å². The smallest absolute Gasteiger partial charge is 0.295 e. The Kier molecular flexibility index (Phi) is 5.61. The van der Waals surface area contributed by atoms with E-state index in [4.69, 9.17) is 11.6 Å². The van der Waals surface area contributed by atoms with Gasteiger partial charge < -0.3 is 5.32 Å². The summed E-state index contributed by atoms with van der Waals surface area (Å²) >= 11 is 6.22. The summed E-state index contributed by atoms with van der Waals surface area (Å²) in [6, 6.07) is 19.3. The van der Waals surface area contributed by atoms with Crippen LogP contribution in [0.4, 0.5) is 5.69 Å². The molecule has 156 valence electrons. The maximum absolute atomic E-state index is 13.0. The highest BCUT2D eigenvalue weighted by molar-refractivity contribution is 6.30. The number of hydrogen-bond acceptors (Lipinski definition) is 3. The lowest BCUT2D eigenvalue weighted by Crippen LogP contribution is -2.14. The number of hydrogen-bond donors (Lipinski definition) is 1. The molecule has 0 radical (unpaired) electrons. The SMILES string of the molecule is Cc1ccc(C)c(-n2nc(C(=O)Nc3ccc(C)c(C)c3)nc2-c2cccc(Cl)c2)c1. The van der Waals surface area contributed by atoms with Gasteiger partial charge in [-0.1, -0.05) is 41.9 Å². The van der Waals surface area contributed by atoms with Gasteiger partial charge in [0.1, 0.15) is 0 Å². The lowest BCUT2D eigenvalue weighted by atomic mass is 10.1. The van der Waals surface area contributed by atoms with Gasteiger partial charge in [-0.15, -0.1) is 5.10 Å². The van der Waals surface area contributed by atoms with Crippen LogP contribution >= 0.6 is 11.6 Å². The number of aromatic nitrogens is 3. The van der Waals surface area contributed by atoms with Crippen molar-refractivity contribution >= 4 is 23.2 Å². The van der Waals surface area contributed by atoms with E-state index in [1.807, 2.05) is 82.3 Å². The molecular weight excluding hydrogens is 408 g/mol. The number of nitrogens with one attached hydrogen (secondary N) is 1. The van der Waals surface area contributed by atoms with Gasteiger partial charge in [0.15, 0.2) is 5.82 Å². The first-order valence-corrected chi connectivity index (χ1v) is 10.4. The zero-order valence-corrected chi connectivity index (χ0v) is 18.7. The molecule has 1 N–H and O–H groups in total. The first-order valence-electron chi connectivity index (χ1n) is 10.0. The molecule has 0 aliphatic heterocycles. The van der Waals surface area contributed by atoms with Crippen molar-refractivity contribution in [2.75, 3.05) is 5.32 Å². The fraction of sp³-hybridized carbons (Fsp3) is 0.160. The van der Waals surface area contributed by atoms with Gasteiger partial charge in [-0.05, 0) is 80.3 Å². The number of nitrogens with zero attached hydrogens (tertiary/aromatic N) is 3. The third-order valence-corrected chi connectivity index (χ3v) is 5.49. The predicted octanol–water partition coefficient (Wildman–Crippen LogP) is 6.07. The molecule has 1 amide bonds. The molecule has 4 rings (SSSR count). The summed E-state index contributed by atoms with van der Waals surface area (Å²) in [5, 5.41) is 8.07. The van der Waals surface area contributed by atoms with Gasteiger partial charge in [0.05, 0.1) is 5.69 Å². The normalized spacial score (nSPS) is 10.9. The van der Waals surface area contributed by atoms with Gasteiger partial charge in [0.25, 0.3) is 5.91 Å². The molecule has 3 aromatic carbocycles. The highest BCUT2D eigenvalue weighted by Gasteiger charge is 2.20. The standard InChI is InChI=1S/C25H23ClN4O/c1-15-8-9-17(3)22(12-15)30-24(19-6-5-7-20(26)14-19)28-23(29-30)25(31)27-21-11-10-16(2)18(4)13-21/h5-14H,1-4H3,(H,27,31). The Morgan fingerprint density at radius 2 is 1.68 bits per heavy atom. The summed E-state index contributed by atoms with van der Waals surface area (Å²) in [6.45, 7) is 8.07. The molecule has 1 aromatic heterocycles. The maximum Gasteiger partial charge on any atom is 0.295 e. The van der Waals surface area contributed by atoms with E-state index in [-0.39, 0.29) is 11.7 Å². The van der Waals surface area contributed by atoms with E-state index in [1.54, 1.807) is 10.7 Å². The van der Waals surface area contributed by atoms with Crippen molar-refractivity contribution in [3.8, 4) is 17.1 Å². The highest BCUT2D eigenvalue weighted by Crippen LogP contribution is 2.26. The number of amides is 1. The van der Waals surface area contributed by atoms with Crippen LogP contribution in [0.1, 0.15) is 32.9 Å². The molecule has 5 nitrogen and oxygen atoms in total. The first-order chi connectivity index (χ1) is 14.8. The molecule has 0 aliphatic rings. The van der Waals surface area contributed by atoms with E-state index < -0.39 is 0 Å². The number of rotatable bonds is 4. The number of anilines is 1. The minimum atomic E-state index is -0.365. The van der Waals surface area contributed by atoms with Crippen LogP contribution in [0.5, 0.6) is 0 Å². The molecule has 31 heavy (non-hydrogen) atoms. The Morgan fingerprint density at radius 1 is 0.903 bits per heavy atom. The molecular formula is C25H23ClN4O. The average molecular weight is 431 g/mol. The van der Waals surface area contributed by atoms with Crippen LogP contribution in [-0.4, -0.2) is 20.7 Å². The Morgan fingerprint density at radius 3 is 2.42 bits per heavy atom. The molecule has 0 atom stereocenters. The molecule has 1 heterocycles. The van der Waals surface area contributed by atoms with Crippen LogP contribution in [0.15, 0.2) is 60.7 Å². The highest BCUT2D eigenvalue weighted by atomic mass is 35.5. The van der Waals surface area contributed by atoms with Crippen LogP contribution in [0.3, 0.4) is 0 Å². The summed E-state index contributed by atoms with van der Waals surface area (Å²) < 4.78 is 1.71. The average Bonchev–Trinajstić information content (AvgIpc) is 3.18. The first kappa shape index (κ1) is 20.8. The second-order valence-corrected chi connectivity index (χ2v) is 8.16. The van der Waals surface area contributed by atoms with Gasteiger partial charge in [-0.3, -0.25) is 4.79 Å².